The lowest BCUT2D eigenvalue weighted by Gasteiger charge is -2.29. The smallest absolute Gasteiger partial charge is 0.278 e. The molecule has 0 aromatic carbocycles. The summed E-state index contributed by atoms with van der Waals surface area (Å²) in [5, 5.41) is 5.70. The lowest BCUT2D eigenvalue weighted by Crippen LogP contribution is -2.22. The Morgan fingerprint density at radius 1 is 1.43 bits per heavy atom. The third-order valence-electron chi connectivity index (χ3n) is 3.52. The van der Waals surface area contributed by atoms with Crippen LogP contribution in [0.5, 0.6) is 0 Å². The molecule has 3 unspecified atom stereocenters. The fraction of sp³-hybridized carbons (Fsp3) is 0.615. The topological polar surface area (TPSA) is 82.8 Å². The Hall–Kier alpha value is -0.990. The van der Waals surface area contributed by atoms with Crippen molar-refractivity contribution < 1.29 is 4.52 Å². The van der Waals surface area contributed by atoms with Gasteiger partial charge >= 0.3 is 0 Å². The molecular formula is C13H19N5OS2. The van der Waals surface area contributed by atoms with Gasteiger partial charge in [-0.05, 0) is 0 Å². The van der Waals surface area contributed by atoms with Gasteiger partial charge in [0.15, 0.2) is 5.82 Å². The van der Waals surface area contributed by atoms with Gasteiger partial charge in [-0.1, -0.05) is 19.0 Å². The average molecular weight is 325 g/mol. The van der Waals surface area contributed by atoms with Gasteiger partial charge in [0.25, 0.3) is 5.89 Å². The van der Waals surface area contributed by atoms with E-state index in [4.69, 9.17) is 10.3 Å². The van der Waals surface area contributed by atoms with E-state index in [0.29, 0.717) is 33.9 Å². The van der Waals surface area contributed by atoms with Gasteiger partial charge < -0.3 is 14.8 Å². The molecule has 2 N–H and O–H groups in total. The Kier molecular flexibility index (Phi) is 4.56. The largest absolute Gasteiger partial charge is 0.335 e. The van der Waals surface area contributed by atoms with Crippen LogP contribution in [0.3, 0.4) is 0 Å². The summed E-state index contributed by atoms with van der Waals surface area (Å²) in [5.41, 5.74) is 6.23. The first kappa shape index (κ1) is 14.9. The Bertz CT molecular complexity index is 599. The monoisotopic (exact) mass is 325 g/mol. The van der Waals surface area contributed by atoms with E-state index in [1.165, 1.54) is 0 Å². The zero-order valence-corrected chi connectivity index (χ0v) is 13.7. The molecule has 0 amide bonds. The highest BCUT2D eigenvalue weighted by molar-refractivity contribution is 8.07. The molecule has 0 bridgehead atoms. The summed E-state index contributed by atoms with van der Waals surface area (Å²) < 4.78 is 7.29. The summed E-state index contributed by atoms with van der Waals surface area (Å²) in [5.74, 6) is 2.28. The van der Waals surface area contributed by atoms with Crippen molar-refractivity contribution in [1.82, 2.24) is 19.7 Å². The predicted octanol–water partition coefficient (Wildman–Crippen LogP) is 2.19. The van der Waals surface area contributed by atoms with Crippen LogP contribution < -0.4 is 5.73 Å². The summed E-state index contributed by atoms with van der Waals surface area (Å²) in [7, 11) is 0. The van der Waals surface area contributed by atoms with Crippen LogP contribution in [0.4, 0.5) is 0 Å². The first-order valence-corrected chi connectivity index (χ1v) is 8.99. The van der Waals surface area contributed by atoms with Crippen LogP contribution in [0.2, 0.25) is 0 Å². The number of hydrogen-bond donors (Lipinski definition) is 1. The van der Waals surface area contributed by atoms with Crippen LogP contribution in [0.15, 0.2) is 17.0 Å². The minimum atomic E-state index is 0.296. The second kappa shape index (κ2) is 6.41. The molecule has 0 saturated carbocycles. The molecule has 0 spiro atoms. The fourth-order valence-corrected chi connectivity index (χ4v) is 4.96. The van der Waals surface area contributed by atoms with Crippen LogP contribution in [0, 0.1) is 0 Å². The molecule has 114 valence electrons. The Morgan fingerprint density at radius 3 is 3.05 bits per heavy atom. The number of aromatic nitrogens is 4. The van der Waals surface area contributed by atoms with Crippen molar-refractivity contribution in [3.63, 3.8) is 0 Å². The summed E-state index contributed by atoms with van der Waals surface area (Å²) in [6, 6.07) is 0. The van der Waals surface area contributed by atoms with E-state index in [1.54, 1.807) is 6.33 Å². The number of imidazole rings is 1. The molecule has 1 fully saturated rings. The van der Waals surface area contributed by atoms with Crippen molar-refractivity contribution in [2.24, 2.45) is 5.73 Å². The van der Waals surface area contributed by atoms with E-state index >= 15 is 0 Å². The number of nitrogens with zero attached hydrogens (tertiary/aromatic N) is 4. The summed E-state index contributed by atoms with van der Waals surface area (Å²) in [6.07, 6.45) is 3.62. The van der Waals surface area contributed by atoms with E-state index in [2.05, 4.69) is 29.0 Å². The minimum absolute atomic E-state index is 0.296. The van der Waals surface area contributed by atoms with Crippen LogP contribution in [-0.4, -0.2) is 42.5 Å². The maximum atomic E-state index is 5.53. The highest BCUT2D eigenvalue weighted by atomic mass is 32.2. The predicted molar refractivity (Wildman–Crippen MR) is 86.3 cm³/mol. The SMILES string of the molecule is CC1SCC(c2noc(-c3cn(CCN)cn3)n2)SC1C. The van der Waals surface area contributed by atoms with Crippen molar-refractivity contribution in [3.8, 4) is 11.6 Å². The molecule has 0 radical (unpaired) electrons. The second-order valence-corrected chi connectivity index (χ2v) is 8.11. The first-order valence-electron chi connectivity index (χ1n) is 7.00. The van der Waals surface area contributed by atoms with Crippen LogP contribution >= 0.6 is 23.5 Å². The van der Waals surface area contributed by atoms with Gasteiger partial charge in [-0.15, -0.1) is 11.8 Å². The molecular weight excluding hydrogens is 306 g/mol. The van der Waals surface area contributed by atoms with E-state index in [-0.39, 0.29) is 0 Å². The highest BCUT2D eigenvalue weighted by Gasteiger charge is 2.30. The third-order valence-corrected chi connectivity index (χ3v) is 6.91. The van der Waals surface area contributed by atoms with Crippen LogP contribution in [0.25, 0.3) is 11.6 Å². The molecule has 8 heteroatoms. The van der Waals surface area contributed by atoms with Crippen molar-refractivity contribution in [1.29, 1.82) is 0 Å². The molecule has 3 heterocycles. The Balaban J connectivity index is 1.73. The first-order chi connectivity index (χ1) is 10.2. The third kappa shape index (κ3) is 3.27. The zero-order valence-electron chi connectivity index (χ0n) is 12.1. The van der Waals surface area contributed by atoms with Gasteiger partial charge in [0, 0.05) is 35.5 Å². The van der Waals surface area contributed by atoms with Gasteiger partial charge in [-0.25, -0.2) is 4.98 Å². The molecule has 3 rings (SSSR count). The van der Waals surface area contributed by atoms with Crippen molar-refractivity contribution in [3.05, 3.63) is 18.3 Å². The summed E-state index contributed by atoms with van der Waals surface area (Å²) in [4.78, 5) is 8.81. The molecule has 2 aromatic rings. The standard InChI is InChI=1S/C13H19N5OS2/c1-8-9(2)21-11(6-20-8)12-16-13(19-17-12)10-5-18(4-3-14)7-15-10/h5,7-9,11H,3-4,6,14H2,1-2H3. The molecule has 0 aliphatic carbocycles. The maximum Gasteiger partial charge on any atom is 0.278 e. The van der Waals surface area contributed by atoms with Gasteiger partial charge in [0.2, 0.25) is 0 Å². The van der Waals surface area contributed by atoms with E-state index in [1.807, 2.05) is 34.3 Å². The van der Waals surface area contributed by atoms with Crippen molar-refractivity contribution in [2.45, 2.75) is 36.1 Å². The lowest BCUT2D eigenvalue weighted by atomic mass is 10.3. The lowest BCUT2D eigenvalue weighted by molar-refractivity contribution is 0.422. The normalized spacial score (nSPS) is 26.1. The van der Waals surface area contributed by atoms with E-state index in [9.17, 15) is 0 Å². The van der Waals surface area contributed by atoms with Gasteiger partial charge in [-0.3, -0.25) is 0 Å². The van der Waals surface area contributed by atoms with Crippen LogP contribution in [0.1, 0.15) is 24.9 Å². The van der Waals surface area contributed by atoms with Gasteiger partial charge in [0.05, 0.1) is 11.6 Å². The molecule has 6 nitrogen and oxygen atoms in total. The van der Waals surface area contributed by atoms with Gasteiger partial charge in [-0.2, -0.15) is 16.7 Å². The van der Waals surface area contributed by atoms with Crippen molar-refractivity contribution in [2.75, 3.05) is 12.3 Å². The quantitative estimate of drug-likeness (QED) is 0.922. The van der Waals surface area contributed by atoms with E-state index in [0.717, 1.165) is 18.1 Å². The van der Waals surface area contributed by atoms with Crippen molar-refractivity contribution >= 4 is 23.5 Å². The molecule has 1 aliphatic heterocycles. The molecule has 1 aliphatic rings. The molecule has 1 saturated heterocycles. The summed E-state index contributed by atoms with van der Waals surface area (Å²) >= 11 is 3.89. The van der Waals surface area contributed by atoms with Gasteiger partial charge in [0.1, 0.15) is 5.69 Å². The van der Waals surface area contributed by atoms with Crippen LogP contribution in [-0.2, 0) is 6.54 Å². The highest BCUT2D eigenvalue weighted by Crippen LogP contribution is 2.43. The number of thioether (sulfide) groups is 2. The fourth-order valence-electron chi connectivity index (χ4n) is 2.13. The molecule has 21 heavy (non-hydrogen) atoms. The minimum Gasteiger partial charge on any atom is -0.335 e. The number of nitrogens with two attached hydrogens (primary N) is 1. The van der Waals surface area contributed by atoms with E-state index < -0.39 is 0 Å². The molecule has 2 aromatic heterocycles. The Morgan fingerprint density at radius 2 is 2.29 bits per heavy atom. The average Bonchev–Trinajstić information content (AvgIpc) is 3.11. The number of hydrogen-bond acceptors (Lipinski definition) is 7. The number of rotatable bonds is 4. The zero-order chi connectivity index (χ0) is 14.8. The maximum absolute atomic E-state index is 5.53. The second-order valence-electron chi connectivity index (χ2n) is 5.11. The summed E-state index contributed by atoms with van der Waals surface area (Å²) in [6.45, 7) is 5.84. The molecule has 3 atom stereocenters. The Labute approximate surface area is 132 Å².